The molecule has 3 rings (SSSR count). The zero-order valence-electron chi connectivity index (χ0n) is 19.6. The first-order chi connectivity index (χ1) is 16.9. The summed E-state index contributed by atoms with van der Waals surface area (Å²) in [7, 11) is 0. The lowest BCUT2D eigenvalue weighted by Gasteiger charge is -2.23. The van der Waals surface area contributed by atoms with Gasteiger partial charge in [0, 0.05) is 23.5 Å². The number of carbonyl (C=O) groups excluding carboxylic acids is 2. The quantitative estimate of drug-likeness (QED) is 0.203. The number of rotatable bonds is 13. The summed E-state index contributed by atoms with van der Waals surface area (Å²) in [6, 6.07) is 13.8. The Kier molecular flexibility index (Phi) is 9.39. The monoisotopic (exact) mass is 479 g/mol. The molecule has 0 aliphatic carbocycles. The van der Waals surface area contributed by atoms with Crippen LogP contribution in [0.3, 0.4) is 0 Å². The zero-order chi connectivity index (χ0) is 25.2. The van der Waals surface area contributed by atoms with Crippen molar-refractivity contribution in [1.82, 2.24) is 15.6 Å². The summed E-state index contributed by atoms with van der Waals surface area (Å²) in [6.07, 6.45) is 3.84. The summed E-state index contributed by atoms with van der Waals surface area (Å²) in [4.78, 5) is 40.9. The van der Waals surface area contributed by atoms with Crippen LogP contribution in [-0.2, 0) is 27.2 Å². The number of nitrogens with one attached hydrogen (secondary N) is 3. The Morgan fingerprint density at radius 1 is 0.886 bits per heavy atom. The van der Waals surface area contributed by atoms with Crippen LogP contribution in [0.5, 0.6) is 0 Å². The number of para-hydroxylation sites is 1. The molecule has 3 aromatic rings. The standard InChI is InChI=1S/C26H33N5O4/c27-13-7-6-12-22(25(33)31-23(26(34)35)14-17-8-2-1-3-9-17)30-24(32)20(28)15-18-16-29-21-11-5-4-10-19(18)21/h1-5,8-11,16,20,22-23,29H,6-7,12-15,27-28H2,(H,30,32)(H,31,33)(H,34,35)/t20-,22-,23-/m0/s1. The molecule has 2 amide bonds. The molecule has 0 radical (unpaired) electrons. The van der Waals surface area contributed by atoms with Gasteiger partial charge < -0.3 is 32.2 Å². The highest BCUT2D eigenvalue weighted by Crippen LogP contribution is 2.19. The molecule has 2 aromatic carbocycles. The van der Waals surface area contributed by atoms with Crippen LogP contribution in [0.2, 0.25) is 0 Å². The summed E-state index contributed by atoms with van der Waals surface area (Å²) in [5, 5.41) is 15.9. The van der Waals surface area contributed by atoms with E-state index >= 15 is 0 Å². The first-order valence-electron chi connectivity index (χ1n) is 11.8. The number of aromatic amines is 1. The third kappa shape index (κ3) is 7.40. The third-order valence-electron chi connectivity index (χ3n) is 5.93. The highest BCUT2D eigenvalue weighted by atomic mass is 16.4. The van der Waals surface area contributed by atoms with E-state index in [1.165, 1.54) is 0 Å². The molecular weight excluding hydrogens is 446 g/mol. The smallest absolute Gasteiger partial charge is 0.326 e. The number of benzene rings is 2. The van der Waals surface area contributed by atoms with E-state index in [2.05, 4.69) is 15.6 Å². The molecule has 35 heavy (non-hydrogen) atoms. The van der Waals surface area contributed by atoms with Gasteiger partial charge in [0.1, 0.15) is 12.1 Å². The predicted molar refractivity (Wildman–Crippen MR) is 135 cm³/mol. The molecular formula is C26H33N5O4. The Balaban J connectivity index is 1.66. The Morgan fingerprint density at radius 2 is 1.57 bits per heavy atom. The largest absolute Gasteiger partial charge is 0.480 e. The molecule has 0 aliphatic heterocycles. The number of carboxylic acids is 1. The van der Waals surface area contributed by atoms with Gasteiger partial charge in [0.15, 0.2) is 0 Å². The number of hydrogen-bond donors (Lipinski definition) is 6. The van der Waals surface area contributed by atoms with Crippen LogP contribution in [0, 0.1) is 0 Å². The lowest BCUT2D eigenvalue weighted by atomic mass is 10.0. The maximum absolute atomic E-state index is 13.0. The first-order valence-corrected chi connectivity index (χ1v) is 11.8. The van der Waals surface area contributed by atoms with Gasteiger partial charge in [-0.15, -0.1) is 0 Å². The SMILES string of the molecule is NCCCC[C@H](NC(=O)[C@@H](N)Cc1c[nH]c2ccccc12)C(=O)N[C@@H](Cc1ccccc1)C(=O)O. The van der Waals surface area contributed by atoms with Crippen molar-refractivity contribution in [2.45, 2.75) is 50.2 Å². The molecule has 9 nitrogen and oxygen atoms in total. The fraction of sp³-hybridized carbons (Fsp3) is 0.346. The number of carbonyl (C=O) groups is 3. The second-order valence-electron chi connectivity index (χ2n) is 8.60. The van der Waals surface area contributed by atoms with Gasteiger partial charge in [-0.25, -0.2) is 4.79 Å². The Hall–Kier alpha value is -3.69. The van der Waals surface area contributed by atoms with Crippen LogP contribution in [0.15, 0.2) is 60.8 Å². The molecule has 3 atom stereocenters. The van der Waals surface area contributed by atoms with Gasteiger partial charge in [-0.1, -0.05) is 48.5 Å². The third-order valence-corrected chi connectivity index (χ3v) is 5.93. The minimum absolute atomic E-state index is 0.130. The number of fused-ring (bicyclic) bond motifs is 1. The van der Waals surface area contributed by atoms with E-state index in [0.29, 0.717) is 32.2 Å². The summed E-state index contributed by atoms with van der Waals surface area (Å²) in [5.41, 5.74) is 14.4. The van der Waals surface area contributed by atoms with E-state index in [9.17, 15) is 19.5 Å². The Morgan fingerprint density at radius 3 is 2.29 bits per heavy atom. The van der Waals surface area contributed by atoms with Crippen molar-refractivity contribution >= 4 is 28.7 Å². The topological polar surface area (TPSA) is 163 Å². The number of H-pyrrole nitrogens is 1. The predicted octanol–water partition coefficient (Wildman–Crippen LogP) is 1.46. The zero-order valence-corrected chi connectivity index (χ0v) is 19.6. The molecule has 1 aromatic heterocycles. The molecule has 1 heterocycles. The summed E-state index contributed by atoms with van der Waals surface area (Å²) in [6.45, 7) is 0.453. The van der Waals surface area contributed by atoms with Crippen molar-refractivity contribution in [3.8, 4) is 0 Å². The van der Waals surface area contributed by atoms with Gasteiger partial charge in [0.2, 0.25) is 11.8 Å². The second-order valence-corrected chi connectivity index (χ2v) is 8.60. The molecule has 8 N–H and O–H groups in total. The summed E-state index contributed by atoms with van der Waals surface area (Å²) < 4.78 is 0. The van der Waals surface area contributed by atoms with E-state index in [4.69, 9.17) is 11.5 Å². The normalized spacial score (nSPS) is 13.7. The maximum Gasteiger partial charge on any atom is 0.326 e. The van der Waals surface area contributed by atoms with Crippen molar-refractivity contribution < 1.29 is 19.5 Å². The van der Waals surface area contributed by atoms with E-state index in [0.717, 1.165) is 22.0 Å². The van der Waals surface area contributed by atoms with Gasteiger partial charge in [0.05, 0.1) is 6.04 Å². The van der Waals surface area contributed by atoms with Crippen molar-refractivity contribution in [3.05, 3.63) is 71.9 Å². The summed E-state index contributed by atoms with van der Waals surface area (Å²) >= 11 is 0. The maximum atomic E-state index is 13.0. The van der Waals surface area contributed by atoms with Crippen LogP contribution in [0.4, 0.5) is 0 Å². The molecule has 9 heteroatoms. The lowest BCUT2D eigenvalue weighted by Crippen LogP contribution is -2.55. The molecule has 186 valence electrons. The minimum atomic E-state index is -1.15. The van der Waals surface area contributed by atoms with E-state index in [1.807, 2.05) is 36.5 Å². The van der Waals surface area contributed by atoms with Gasteiger partial charge >= 0.3 is 5.97 Å². The van der Waals surface area contributed by atoms with Gasteiger partial charge in [-0.3, -0.25) is 9.59 Å². The molecule has 0 unspecified atom stereocenters. The molecule has 0 aliphatic rings. The number of aliphatic carboxylic acids is 1. The van der Waals surface area contributed by atoms with Gasteiger partial charge in [0.25, 0.3) is 0 Å². The lowest BCUT2D eigenvalue weighted by molar-refractivity contribution is -0.142. The number of amides is 2. The number of aromatic nitrogens is 1. The average molecular weight is 480 g/mol. The highest BCUT2D eigenvalue weighted by molar-refractivity contribution is 5.92. The van der Waals surface area contributed by atoms with Crippen molar-refractivity contribution in [1.29, 1.82) is 0 Å². The number of carboxylic acid groups (broad SMARTS) is 1. The van der Waals surface area contributed by atoms with E-state index in [-0.39, 0.29) is 6.42 Å². The number of nitrogens with two attached hydrogens (primary N) is 2. The first kappa shape index (κ1) is 25.9. The molecule has 0 saturated heterocycles. The van der Waals surface area contributed by atoms with E-state index < -0.39 is 35.9 Å². The molecule has 0 saturated carbocycles. The summed E-state index contributed by atoms with van der Waals surface area (Å²) in [5.74, 6) is -2.18. The van der Waals surface area contributed by atoms with Crippen LogP contribution in [0.1, 0.15) is 30.4 Å². The van der Waals surface area contributed by atoms with Crippen LogP contribution in [0.25, 0.3) is 10.9 Å². The fourth-order valence-corrected chi connectivity index (χ4v) is 3.99. The number of hydrogen-bond acceptors (Lipinski definition) is 5. The molecule has 0 spiro atoms. The highest BCUT2D eigenvalue weighted by Gasteiger charge is 2.28. The fourth-order valence-electron chi connectivity index (χ4n) is 3.99. The van der Waals surface area contributed by atoms with Crippen molar-refractivity contribution in [2.24, 2.45) is 11.5 Å². The number of unbranched alkanes of at least 4 members (excludes halogenated alkanes) is 1. The van der Waals surface area contributed by atoms with Gasteiger partial charge in [-0.05, 0) is 49.4 Å². The van der Waals surface area contributed by atoms with Gasteiger partial charge in [-0.2, -0.15) is 0 Å². The van der Waals surface area contributed by atoms with Crippen LogP contribution in [-0.4, -0.2) is 52.5 Å². The average Bonchev–Trinajstić information content (AvgIpc) is 3.26. The minimum Gasteiger partial charge on any atom is -0.480 e. The Labute approximate surface area is 204 Å². The second kappa shape index (κ2) is 12.7. The molecule has 0 bridgehead atoms. The van der Waals surface area contributed by atoms with Crippen molar-refractivity contribution in [2.75, 3.05) is 6.54 Å². The van der Waals surface area contributed by atoms with E-state index in [1.54, 1.807) is 24.3 Å². The van der Waals surface area contributed by atoms with Crippen LogP contribution < -0.4 is 22.1 Å². The Bertz CT molecular complexity index is 1130. The van der Waals surface area contributed by atoms with Crippen LogP contribution >= 0.6 is 0 Å². The van der Waals surface area contributed by atoms with Crippen molar-refractivity contribution in [3.63, 3.8) is 0 Å². The molecule has 0 fully saturated rings.